The van der Waals surface area contributed by atoms with Gasteiger partial charge in [0, 0.05) is 10.4 Å². The van der Waals surface area contributed by atoms with Gasteiger partial charge in [0.1, 0.15) is 16.9 Å². The van der Waals surface area contributed by atoms with Gasteiger partial charge >= 0.3 is 0 Å². The molecule has 0 radical (unpaired) electrons. The lowest BCUT2D eigenvalue weighted by Gasteiger charge is -2.00. The number of para-hydroxylation sites is 1. The zero-order valence-electron chi connectivity index (χ0n) is 11.7. The minimum absolute atomic E-state index is 0.129. The van der Waals surface area contributed by atoms with Crippen molar-refractivity contribution in [1.29, 1.82) is 0 Å². The Kier molecular flexibility index (Phi) is 3.04. The van der Waals surface area contributed by atoms with Crippen molar-refractivity contribution < 1.29 is 5.11 Å². The van der Waals surface area contributed by atoms with Crippen molar-refractivity contribution in [1.82, 2.24) is 9.66 Å². The summed E-state index contributed by atoms with van der Waals surface area (Å²) in [5.41, 5.74) is 1.56. The Morgan fingerprint density at radius 1 is 1.32 bits per heavy atom. The first-order valence-corrected chi connectivity index (χ1v) is 7.90. The SMILES string of the molecule is O=c1c2c3c(sc2ncn1N=Cc1ccccc1O)CCC3. The summed E-state index contributed by atoms with van der Waals surface area (Å²) in [7, 11) is 0. The Morgan fingerprint density at radius 2 is 2.18 bits per heavy atom. The highest BCUT2D eigenvalue weighted by molar-refractivity contribution is 7.18. The Morgan fingerprint density at radius 3 is 3.05 bits per heavy atom. The van der Waals surface area contributed by atoms with Crippen molar-refractivity contribution in [3.63, 3.8) is 0 Å². The molecule has 0 atom stereocenters. The lowest BCUT2D eigenvalue weighted by molar-refractivity contribution is 0.474. The maximum atomic E-state index is 12.6. The minimum atomic E-state index is -0.143. The molecule has 6 heteroatoms. The molecule has 0 spiro atoms. The van der Waals surface area contributed by atoms with E-state index < -0.39 is 0 Å². The number of phenolic OH excluding ortho intramolecular Hbond substituents is 1. The van der Waals surface area contributed by atoms with Crippen molar-refractivity contribution in [2.45, 2.75) is 19.3 Å². The van der Waals surface area contributed by atoms with E-state index in [0.29, 0.717) is 10.9 Å². The molecule has 4 rings (SSSR count). The maximum Gasteiger partial charge on any atom is 0.282 e. The molecule has 5 nitrogen and oxygen atoms in total. The first kappa shape index (κ1) is 13.2. The molecule has 2 aromatic heterocycles. The van der Waals surface area contributed by atoms with Crippen LogP contribution in [0.4, 0.5) is 0 Å². The third-order valence-electron chi connectivity index (χ3n) is 3.87. The van der Waals surface area contributed by atoms with E-state index in [1.165, 1.54) is 22.1 Å². The van der Waals surface area contributed by atoms with E-state index in [4.69, 9.17) is 0 Å². The Labute approximate surface area is 130 Å². The number of rotatable bonds is 2. The fourth-order valence-electron chi connectivity index (χ4n) is 2.78. The summed E-state index contributed by atoms with van der Waals surface area (Å²) in [5, 5.41) is 14.6. The Hall–Kier alpha value is -2.47. The molecule has 0 aliphatic heterocycles. The fraction of sp³-hybridized carbons (Fsp3) is 0.188. The van der Waals surface area contributed by atoms with Crippen molar-refractivity contribution in [3.8, 4) is 5.75 Å². The van der Waals surface area contributed by atoms with Crippen LogP contribution in [-0.4, -0.2) is 21.0 Å². The molecule has 0 unspecified atom stereocenters. The zero-order valence-corrected chi connectivity index (χ0v) is 12.5. The summed E-state index contributed by atoms with van der Waals surface area (Å²) in [6, 6.07) is 6.85. The van der Waals surface area contributed by atoms with Gasteiger partial charge in [-0.2, -0.15) is 9.78 Å². The lowest BCUT2D eigenvalue weighted by atomic mass is 10.2. The average molecular weight is 311 g/mol. The van der Waals surface area contributed by atoms with Gasteiger partial charge in [-0.05, 0) is 37.0 Å². The molecule has 0 fully saturated rings. The molecule has 1 aliphatic rings. The number of aromatic hydroxyl groups is 1. The van der Waals surface area contributed by atoms with Gasteiger partial charge in [-0.1, -0.05) is 12.1 Å². The normalized spacial score (nSPS) is 14.0. The molecule has 2 heterocycles. The summed E-state index contributed by atoms with van der Waals surface area (Å²) in [4.78, 5) is 19.0. The number of phenols is 1. The molecule has 1 N–H and O–H groups in total. The maximum absolute atomic E-state index is 12.6. The molecule has 0 amide bonds. The number of hydrogen-bond acceptors (Lipinski definition) is 5. The second-order valence-electron chi connectivity index (χ2n) is 5.24. The summed E-state index contributed by atoms with van der Waals surface area (Å²) < 4.78 is 1.24. The van der Waals surface area contributed by atoms with Crippen LogP contribution < -0.4 is 5.56 Å². The van der Waals surface area contributed by atoms with Gasteiger partial charge < -0.3 is 5.11 Å². The Bertz CT molecular complexity index is 956. The van der Waals surface area contributed by atoms with Crippen LogP contribution in [0.5, 0.6) is 5.75 Å². The highest BCUT2D eigenvalue weighted by atomic mass is 32.1. The van der Waals surface area contributed by atoms with E-state index >= 15 is 0 Å². The number of benzene rings is 1. The minimum Gasteiger partial charge on any atom is -0.507 e. The third-order valence-corrected chi connectivity index (χ3v) is 5.07. The largest absolute Gasteiger partial charge is 0.507 e. The van der Waals surface area contributed by atoms with E-state index in [2.05, 4.69) is 10.1 Å². The number of hydrogen-bond donors (Lipinski definition) is 1. The lowest BCUT2D eigenvalue weighted by Crippen LogP contribution is -2.17. The van der Waals surface area contributed by atoms with Crippen LogP contribution in [0.1, 0.15) is 22.4 Å². The van der Waals surface area contributed by atoms with Crippen molar-refractivity contribution >= 4 is 27.8 Å². The van der Waals surface area contributed by atoms with Crippen molar-refractivity contribution in [3.05, 3.63) is 57.0 Å². The van der Waals surface area contributed by atoms with Gasteiger partial charge in [0.2, 0.25) is 0 Å². The molecular weight excluding hydrogens is 298 g/mol. The van der Waals surface area contributed by atoms with E-state index in [1.807, 2.05) is 0 Å². The topological polar surface area (TPSA) is 67.5 Å². The summed E-state index contributed by atoms with van der Waals surface area (Å²) in [6.45, 7) is 0. The number of fused-ring (bicyclic) bond motifs is 3. The number of aryl methyl sites for hydroxylation is 2. The number of aromatic nitrogens is 2. The predicted molar refractivity (Wildman–Crippen MR) is 87.0 cm³/mol. The van der Waals surface area contributed by atoms with Crippen molar-refractivity contribution in [2.24, 2.45) is 5.10 Å². The molecule has 0 bridgehead atoms. The average Bonchev–Trinajstić information content (AvgIpc) is 3.08. The molecule has 110 valence electrons. The summed E-state index contributed by atoms with van der Waals surface area (Å²) >= 11 is 1.61. The van der Waals surface area contributed by atoms with Gasteiger partial charge in [0.15, 0.2) is 0 Å². The van der Waals surface area contributed by atoms with Crippen molar-refractivity contribution in [2.75, 3.05) is 0 Å². The molecule has 0 saturated heterocycles. The predicted octanol–water partition coefficient (Wildman–Crippen LogP) is 2.53. The Balaban J connectivity index is 1.81. The molecular formula is C16H13N3O2S. The number of nitrogens with zero attached hydrogens (tertiary/aromatic N) is 3. The molecule has 1 aromatic carbocycles. The quantitative estimate of drug-likeness (QED) is 0.740. The summed E-state index contributed by atoms with van der Waals surface area (Å²) in [5.74, 6) is 0.129. The summed E-state index contributed by atoms with van der Waals surface area (Å²) in [6.07, 6.45) is 5.99. The van der Waals surface area contributed by atoms with Crippen LogP contribution >= 0.6 is 11.3 Å². The van der Waals surface area contributed by atoms with Crippen LogP contribution in [0.3, 0.4) is 0 Å². The molecule has 3 aromatic rings. The van der Waals surface area contributed by atoms with Gasteiger partial charge in [-0.3, -0.25) is 4.79 Å². The second-order valence-corrected chi connectivity index (χ2v) is 6.32. The third kappa shape index (κ3) is 2.03. The zero-order chi connectivity index (χ0) is 15.1. The molecule has 22 heavy (non-hydrogen) atoms. The highest BCUT2D eigenvalue weighted by Crippen LogP contribution is 2.34. The first-order chi connectivity index (χ1) is 10.7. The van der Waals surface area contributed by atoms with Gasteiger partial charge in [-0.15, -0.1) is 11.3 Å². The van der Waals surface area contributed by atoms with E-state index in [1.54, 1.807) is 35.6 Å². The molecule has 1 aliphatic carbocycles. The standard InChI is InChI=1S/C16H13N3O2S/c20-12-6-2-1-4-10(12)8-18-19-9-17-15-14(16(19)21)11-5-3-7-13(11)22-15/h1-2,4,6,8-9,20H,3,5,7H2. The van der Waals surface area contributed by atoms with Gasteiger partial charge in [0.25, 0.3) is 5.56 Å². The number of thiophene rings is 1. The first-order valence-electron chi connectivity index (χ1n) is 7.08. The van der Waals surface area contributed by atoms with Crippen LogP contribution in [-0.2, 0) is 12.8 Å². The van der Waals surface area contributed by atoms with Gasteiger partial charge in [0.05, 0.1) is 11.6 Å². The van der Waals surface area contributed by atoms with E-state index in [-0.39, 0.29) is 11.3 Å². The van der Waals surface area contributed by atoms with E-state index in [9.17, 15) is 9.90 Å². The van der Waals surface area contributed by atoms with Crippen LogP contribution in [0, 0.1) is 0 Å². The van der Waals surface area contributed by atoms with Crippen LogP contribution in [0.15, 0.2) is 40.5 Å². The monoisotopic (exact) mass is 311 g/mol. The van der Waals surface area contributed by atoms with Crippen LogP contribution in [0.25, 0.3) is 10.2 Å². The van der Waals surface area contributed by atoms with E-state index in [0.717, 1.165) is 29.7 Å². The second kappa shape index (κ2) is 5.06. The highest BCUT2D eigenvalue weighted by Gasteiger charge is 2.21. The molecule has 0 saturated carbocycles. The van der Waals surface area contributed by atoms with Gasteiger partial charge in [-0.25, -0.2) is 4.98 Å². The fourth-order valence-corrected chi connectivity index (χ4v) is 4.00. The smallest absolute Gasteiger partial charge is 0.282 e. The van der Waals surface area contributed by atoms with Crippen LogP contribution in [0.2, 0.25) is 0 Å².